The van der Waals surface area contributed by atoms with E-state index in [2.05, 4.69) is 14.9 Å². The zero-order chi connectivity index (χ0) is 20.6. The van der Waals surface area contributed by atoms with Crippen LogP contribution in [0.2, 0.25) is 0 Å². The van der Waals surface area contributed by atoms with Gasteiger partial charge in [0.2, 0.25) is 15.9 Å². The number of methoxy groups -OCH3 is 1. The Labute approximate surface area is 164 Å². The van der Waals surface area contributed by atoms with E-state index in [4.69, 9.17) is 9.15 Å². The summed E-state index contributed by atoms with van der Waals surface area (Å²) < 4.78 is 41.8. The molecule has 0 fully saturated rings. The third-order valence-corrected chi connectivity index (χ3v) is 6.58. The lowest BCUT2D eigenvalue weighted by Gasteiger charge is -2.16. The number of ether oxygens (including phenoxy) is 1. The van der Waals surface area contributed by atoms with Crippen molar-refractivity contribution >= 4 is 10.0 Å². The van der Waals surface area contributed by atoms with Gasteiger partial charge in [0.25, 0.3) is 5.89 Å². The summed E-state index contributed by atoms with van der Waals surface area (Å²) in [5.41, 5.74) is 2.58. The molecule has 28 heavy (non-hydrogen) atoms. The summed E-state index contributed by atoms with van der Waals surface area (Å²) in [5.74, 6) is 1.28. The first-order valence-electron chi connectivity index (χ1n) is 8.78. The number of hydrogen-bond donors (Lipinski definition) is 1. The molecule has 3 rings (SSSR count). The number of aryl methyl sites for hydroxylation is 1. The molecule has 0 saturated heterocycles. The van der Waals surface area contributed by atoms with E-state index in [9.17, 15) is 8.42 Å². The minimum atomic E-state index is -3.86. The van der Waals surface area contributed by atoms with E-state index in [1.165, 1.54) is 0 Å². The molecular formula is C19H24N4O4S. The lowest BCUT2D eigenvalue weighted by atomic mass is 10.1. The van der Waals surface area contributed by atoms with Gasteiger partial charge < -0.3 is 13.7 Å². The van der Waals surface area contributed by atoms with Crippen molar-refractivity contribution in [1.29, 1.82) is 0 Å². The van der Waals surface area contributed by atoms with Crippen molar-refractivity contribution < 1.29 is 17.6 Å². The van der Waals surface area contributed by atoms with Gasteiger partial charge in [-0.25, -0.2) is 13.1 Å². The zero-order valence-electron chi connectivity index (χ0n) is 16.8. The van der Waals surface area contributed by atoms with Crippen LogP contribution < -0.4 is 9.46 Å². The minimum absolute atomic E-state index is 0.150. The zero-order valence-corrected chi connectivity index (χ0v) is 17.6. The molecule has 2 heterocycles. The molecule has 0 aliphatic heterocycles. The number of hydrogen-bond acceptors (Lipinski definition) is 6. The maximum Gasteiger partial charge on any atom is 0.250 e. The first-order valence-corrected chi connectivity index (χ1v) is 10.3. The van der Waals surface area contributed by atoms with Crippen LogP contribution in [0.3, 0.4) is 0 Å². The highest BCUT2D eigenvalue weighted by molar-refractivity contribution is 7.89. The second-order valence-electron chi connectivity index (χ2n) is 6.68. The molecule has 1 atom stereocenters. The SMILES string of the molecule is COc1ccc([C@@H](C)NS(=O)(=O)c2c(-c3nnc(C)o3)c(C)n(C)c2C)cc1. The summed E-state index contributed by atoms with van der Waals surface area (Å²) >= 11 is 0. The summed E-state index contributed by atoms with van der Waals surface area (Å²) in [7, 11) is -0.461. The van der Waals surface area contributed by atoms with Crippen LogP contribution in [-0.2, 0) is 17.1 Å². The second kappa shape index (κ2) is 7.40. The lowest BCUT2D eigenvalue weighted by molar-refractivity contribution is 0.414. The number of rotatable bonds is 6. The predicted molar refractivity (Wildman–Crippen MR) is 105 cm³/mol. The highest BCUT2D eigenvalue weighted by atomic mass is 32.2. The Morgan fingerprint density at radius 3 is 2.29 bits per heavy atom. The molecule has 9 heteroatoms. The van der Waals surface area contributed by atoms with Crippen LogP contribution in [0.5, 0.6) is 5.75 Å². The molecule has 0 unspecified atom stereocenters. The van der Waals surface area contributed by atoms with Gasteiger partial charge in [0, 0.05) is 31.4 Å². The third-order valence-electron chi connectivity index (χ3n) is 4.88. The molecule has 0 radical (unpaired) electrons. The highest BCUT2D eigenvalue weighted by Crippen LogP contribution is 2.35. The van der Waals surface area contributed by atoms with Crippen LogP contribution in [0.15, 0.2) is 33.6 Å². The molecule has 0 bridgehead atoms. The Kier molecular flexibility index (Phi) is 5.31. The number of aromatic nitrogens is 3. The highest BCUT2D eigenvalue weighted by Gasteiger charge is 2.31. The molecule has 150 valence electrons. The van der Waals surface area contributed by atoms with Crippen molar-refractivity contribution in [2.75, 3.05) is 7.11 Å². The summed E-state index contributed by atoms with van der Waals surface area (Å²) in [6.45, 7) is 7.04. The van der Waals surface area contributed by atoms with Crippen molar-refractivity contribution in [2.45, 2.75) is 38.6 Å². The Morgan fingerprint density at radius 2 is 1.75 bits per heavy atom. The Balaban J connectivity index is 2.03. The van der Waals surface area contributed by atoms with Gasteiger partial charge in [-0.2, -0.15) is 0 Å². The van der Waals surface area contributed by atoms with E-state index in [1.54, 1.807) is 40.0 Å². The standard InChI is InChI=1S/C19H24N4O4S/c1-11(15-7-9-16(26-6)10-8-15)22-28(24,25)18-13(3)23(5)12(2)17(18)19-21-20-14(4)27-19/h7-11,22H,1-6H3/t11-/m1/s1. The fourth-order valence-electron chi connectivity index (χ4n) is 3.15. The third kappa shape index (κ3) is 3.55. The van der Waals surface area contributed by atoms with Crippen molar-refractivity contribution in [3.05, 3.63) is 47.1 Å². The number of nitrogens with zero attached hydrogens (tertiary/aromatic N) is 3. The van der Waals surface area contributed by atoms with E-state index in [0.29, 0.717) is 22.9 Å². The molecule has 0 amide bonds. The van der Waals surface area contributed by atoms with Crippen LogP contribution in [-0.4, -0.2) is 30.3 Å². The molecule has 1 aromatic carbocycles. The summed E-state index contributed by atoms with van der Waals surface area (Å²) in [4.78, 5) is 0.150. The monoisotopic (exact) mass is 404 g/mol. The van der Waals surface area contributed by atoms with E-state index in [1.807, 2.05) is 30.7 Å². The largest absolute Gasteiger partial charge is 0.497 e. The normalized spacial score (nSPS) is 12.9. The Bertz CT molecular complexity index is 1100. The molecule has 2 aromatic heterocycles. The van der Waals surface area contributed by atoms with Crippen LogP contribution in [0.25, 0.3) is 11.5 Å². The fourth-order valence-corrected chi connectivity index (χ4v) is 4.90. The smallest absolute Gasteiger partial charge is 0.250 e. The molecular weight excluding hydrogens is 380 g/mol. The maximum atomic E-state index is 13.3. The van der Waals surface area contributed by atoms with Gasteiger partial charge >= 0.3 is 0 Å². The van der Waals surface area contributed by atoms with Crippen molar-refractivity contribution in [1.82, 2.24) is 19.5 Å². The predicted octanol–water partition coefficient (Wildman–Crippen LogP) is 3.05. The fraction of sp³-hybridized carbons (Fsp3) is 0.368. The average Bonchev–Trinajstić information content (AvgIpc) is 3.18. The summed E-state index contributed by atoms with van der Waals surface area (Å²) in [5, 5.41) is 7.86. The molecule has 0 aliphatic rings. The van der Waals surface area contributed by atoms with Gasteiger partial charge in [0.1, 0.15) is 10.6 Å². The first kappa shape index (κ1) is 20.1. The minimum Gasteiger partial charge on any atom is -0.497 e. The van der Waals surface area contributed by atoms with E-state index in [-0.39, 0.29) is 10.8 Å². The van der Waals surface area contributed by atoms with Crippen LogP contribution in [0, 0.1) is 20.8 Å². The molecule has 0 aliphatic carbocycles. The summed E-state index contributed by atoms with van der Waals surface area (Å²) in [6, 6.07) is 6.82. The van der Waals surface area contributed by atoms with E-state index in [0.717, 1.165) is 11.3 Å². The van der Waals surface area contributed by atoms with Crippen molar-refractivity contribution in [3.63, 3.8) is 0 Å². The van der Waals surface area contributed by atoms with E-state index < -0.39 is 16.1 Å². The van der Waals surface area contributed by atoms with E-state index >= 15 is 0 Å². The lowest BCUT2D eigenvalue weighted by Crippen LogP contribution is -2.27. The quantitative estimate of drug-likeness (QED) is 0.678. The van der Waals surface area contributed by atoms with Crippen molar-refractivity contribution in [2.24, 2.45) is 7.05 Å². The van der Waals surface area contributed by atoms with Crippen LogP contribution in [0.1, 0.15) is 35.8 Å². The molecule has 0 spiro atoms. The van der Waals surface area contributed by atoms with Gasteiger partial charge in [-0.1, -0.05) is 12.1 Å². The van der Waals surface area contributed by atoms with Crippen molar-refractivity contribution in [3.8, 4) is 17.2 Å². The average molecular weight is 404 g/mol. The molecule has 0 saturated carbocycles. The molecule has 8 nitrogen and oxygen atoms in total. The molecule has 3 aromatic rings. The first-order chi connectivity index (χ1) is 13.2. The number of nitrogens with one attached hydrogen (secondary N) is 1. The van der Waals surface area contributed by atoms with Gasteiger partial charge in [0.15, 0.2) is 0 Å². The van der Waals surface area contributed by atoms with Gasteiger partial charge in [-0.3, -0.25) is 0 Å². The number of benzene rings is 1. The topological polar surface area (TPSA) is 99.2 Å². The number of sulfonamides is 1. The van der Waals surface area contributed by atoms with Gasteiger partial charge in [0.05, 0.1) is 12.7 Å². The summed E-state index contributed by atoms with van der Waals surface area (Å²) in [6.07, 6.45) is 0. The Morgan fingerprint density at radius 1 is 1.11 bits per heavy atom. The maximum absolute atomic E-state index is 13.3. The second-order valence-corrected chi connectivity index (χ2v) is 8.33. The van der Waals surface area contributed by atoms with Gasteiger partial charge in [-0.15, -0.1) is 10.2 Å². The van der Waals surface area contributed by atoms with Gasteiger partial charge in [-0.05, 0) is 38.5 Å². The Hall–Kier alpha value is -2.65. The van der Waals surface area contributed by atoms with Crippen LogP contribution >= 0.6 is 0 Å². The molecule has 1 N–H and O–H groups in total. The van der Waals surface area contributed by atoms with Crippen LogP contribution in [0.4, 0.5) is 0 Å².